The van der Waals surface area contributed by atoms with Gasteiger partial charge in [-0.2, -0.15) is 37.2 Å². The third-order valence-electron chi connectivity index (χ3n) is 7.42. The summed E-state index contributed by atoms with van der Waals surface area (Å²) in [6.07, 6.45) is 1.52. The molecule has 5 aliphatic rings. The third-order valence-corrected chi connectivity index (χ3v) is 9.15. The molecule has 20 heteroatoms. The summed E-state index contributed by atoms with van der Waals surface area (Å²) >= 11 is 0. The highest BCUT2D eigenvalue weighted by molar-refractivity contribution is 7.86. The second-order valence-electron chi connectivity index (χ2n) is 10.9. The predicted octanol–water partition coefficient (Wildman–Crippen LogP) is 0.300. The van der Waals surface area contributed by atoms with Gasteiger partial charge < -0.3 is 19.8 Å². The summed E-state index contributed by atoms with van der Waals surface area (Å²) in [5.41, 5.74) is 1.33. The van der Waals surface area contributed by atoms with Crippen molar-refractivity contribution >= 4 is 60.8 Å². The first-order valence-corrected chi connectivity index (χ1v) is 17.0. The normalized spacial score (nSPS) is 20.5. The minimum absolute atomic E-state index is 0.00546. The van der Waals surface area contributed by atoms with Crippen molar-refractivity contribution in [2.24, 2.45) is 15.3 Å². The zero-order chi connectivity index (χ0) is 34.5. The number of hydrogen-bond acceptors (Lipinski definition) is 14. The van der Waals surface area contributed by atoms with Crippen molar-refractivity contribution < 1.29 is 50.2 Å². The SMILES string of the molecule is O=C(O)C1=NN(c2ccc(S(=O)(=O)O)cc2)C(=O)C1N=Nc1ccc(S(=O)(=O)O)cc1.O=C1C=C(N2CC2)C(=O)C(N2CC2)=C1N1CC1. The van der Waals surface area contributed by atoms with Gasteiger partial charge in [0, 0.05) is 45.3 Å². The van der Waals surface area contributed by atoms with E-state index in [-0.39, 0.29) is 22.9 Å². The van der Waals surface area contributed by atoms with E-state index in [4.69, 9.17) is 9.11 Å². The number of allylic oxidation sites excluding steroid dienone is 1. The van der Waals surface area contributed by atoms with Crippen LogP contribution in [0.3, 0.4) is 0 Å². The summed E-state index contributed by atoms with van der Waals surface area (Å²) in [6.45, 7) is 5.41. The first-order valence-electron chi connectivity index (χ1n) is 14.1. The maximum Gasteiger partial charge on any atom is 0.355 e. The van der Waals surface area contributed by atoms with Crippen LogP contribution >= 0.6 is 0 Å². The number of ketones is 2. The van der Waals surface area contributed by atoms with Gasteiger partial charge in [-0.15, -0.1) is 0 Å². The van der Waals surface area contributed by atoms with Crippen molar-refractivity contribution in [1.29, 1.82) is 0 Å². The summed E-state index contributed by atoms with van der Waals surface area (Å²) in [4.78, 5) is 53.7. The number of anilines is 1. The summed E-state index contributed by atoms with van der Waals surface area (Å²) in [6, 6.07) is 7.07. The molecular formula is C28H25N7O11S2. The molecule has 0 saturated carbocycles. The number of carboxylic acids is 1. The molecule has 1 aliphatic carbocycles. The van der Waals surface area contributed by atoms with E-state index in [2.05, 4.69) is 15.3 Å². The number of Topliss-reactive ketones (excluding diaryl/α,β-unsaturated/α-hetero) is 1. The van der Waals surface area contributed by atoms with E-state index in [0.29, 0.717) is 22.1 Å². The smallest absolute Gasteiger partial charge is 0.355 e. The molecule has 3 N–H and O–H groups in total. The summed E-state index contributed by atoms with van der Waals surface area (Å²) < 4.78 is 62.3. The van der Waals surface area contributed by atoms with Crippen LogP contribution in [0.25, 0.3) is 0 Å². The van der Waals surface area contributed by atoms with E-state index < -0.39 is 53.7 Å². The van der Waals surface area contributed by atoms with Crippen molar-refractivity contribution in [3.05, 3.63) is 71.7 Å². The number of hydrogen-bond donors (Lipinski definition) is 3. The Morgan fingerprint density at radius 3 is 1.73 bits per heavy atom. The molecule has 2 aromatic carbocycles. The van der Waals surface area contributed by atoms with Crippen molar-refractivity contribution in [2.45, 2.75) is 15.8 Å². The van der Waals surface area contributed by atoms with Gasteiger partial charge in [-0.05, 0) is 48.5 Å². The molecule has 0 spiro atoms. The lowest BCUT2D eigenvalue weighted by atomic mass is 10.0. The van der Waals surface area contributed by atoms with Gasteiger partial charge >= 0.3 is 5.97 Å². The number of nitrogens with zero attached hydrogens (tertiary/aromatic N) is 7. The van der Waals surface area contributed by atoms with Crippen LogP contribution in [0, 0.1) is 0 Å². The van der Waals surface area contributed by atoms with E-state index in [0.717, 1.165) is 75.7 Å². The summed E-state index contributed by atoms with van der Waals surface area (Å²) in [5, 5.41) is 21.1. The van der Waals surface area contributed by atoms with Crippen molar-refractivity contribution in [3.8, 4) is 0 Å². The summed E-state index contributed by atoms with van der Waals surface area (Å²) in [7, 11) is -8.88. The van der Waals surface area contributed by atoms with Crippen LogP contribution in [0.1, 0.15) is 0 Å². The average molecular weight is 700 g/mol. The number of azo groups is 1. The number of carboxylic acid groups (broad SMARTS) is 1. The monoisotopic (exact) mass is 699 g/mol. The van der Waals surface area contributed by atoms with Crippen LogP contribution in [-0.4, -0.2) is 120 Å². The molecule has 0 aromatic heterocycles. The number of hydrazone groups is 1. The second-order valence-corrected chi connectivity index (χ2v) is 13.7. The Bertz CT molecular complexity index is 2080. The van der Waals surface area contributed by atoms with Gasteiger partial charge in [-0.1, -0.05) is 0 Å². The van der Waals surface area contributed by atoms with Crippen molar-refractivity contribution in [3.63, 3.8) is 0 Å². The Balaban J connectivity index is 0.000000196. The number of aliphatic carboxylic acids is 1. The van der Waals surface area contributed by atoms with Gasteiger partial charge in [0.25, 0.3) is 26.1 Å². The Labute approximate surface area is 272 Å². The van der Waals surface area contributed by atoms with E-state index in [1.54, 1.807) is 0 Å². The van der Waals surface area contributed by atoms with Gasteiger partial charge in [0.1, 0.15) is 11.4 Å². The Hall–Kier alpha value is -5.31. The molecule has 2 aromatic rings. The second kappa shape index (κ2) is 12.0. The maximum absolute atomic E-state index is 12.6. The van der Waals surface area contributed by atoms with Gasteiger partial charge in [-0.3, -0.25) is 23.5 Å². The Morgan fingerprint density at radius 1 is 0.750 bits per heavy atom. The molecule has 18 nitrogen and oxygen atoms in total. The Kier molecular flexibility index (Phi) is 8.19. The molecule has 3 saturated heterocycles. The van der Waals surface area contributed by atoms with Crippen LogP contribution in [0.4, 0.5) is 11.4 Å². The van der Waals surface area contributed by atoms with Crippen LogP contribution in [0.2, 0.25) is 0 Å². The first-order chi connectivity index (χ1) is 22.6. The topological polar surface area (TPSA) is 247 Å². The highest BCUT2D eigenvalue weighted by Crippen LogP contribution is 2.34. The quantitative estimate of drug-likeness (QED) is 0.138. The molecule has 0 radical (unpaired) electrons. The number of benzene rings is 2. The number of rotatable bonds is 9. The van der Waals surface area contributed by atoms with E-state index in [9.17, 15) is 41.1 Å². The fraction of sp³-hybridized carbons (Fsp3) is 0.250. The zero-order valence-corrected chi connectivity index (χ0v) is 26.2. The van der Waals surface area contributed by atoms with Crippen LogP contribution in [-0.2, 0) is 39.4 Å². The zero-order valence-electron chi connectivity index (χ0n) is 24.6. The molecule has 48 heavy (non-hydrogen) atoms. The predicted molar refractivity (Wildman–Crippen MR) is 163 cm³/mol. The molecule has 0 bridgehead atoms. The van der Waals surface area contributed by atoms with Crippen molar-refractivity contribution in [1.82, 2.24) is 14.7 Å². The van der Waals surface area contributed by atoms with Gasteiger partial charge in [0.15, 0.2) is 5.71 Å². The minimum Gasteiger partial charge on any atom is -0.477 e. The number of amides is 1. The molecule has 1 unspecified atom stereocenters. The molecule has 7 rings (SSSR count). The number of carbonyl (C=O) groups excluding carboxylic acids is 3. The van der Waals surface area contributed by atoms with Gasteiger partial charge in [0.05, 0.1) is 26.9 Å². The first kappa shape index (κ1) is 32.6. The van der Waals surface area contributed by atoms with Crippen LogP contribution in [0.15, 0.2) is 96.8 Å². The van der Waals surface area contributed by atoms with Crippen LogP contribution in [0.5, 0.6) is 0 Å². The standard InChI is InChI=1S/C16H12N4O9S2.C12H13N3O2/c21-15-13(18-17-9-1-5-11(6-2-9)30(24,25)26)14(16(22)23)19-20(15)10-3-7-12(8-4-10)31(27,28)29;16-9-7-8(13-1-2-13)12(17)11(15-5-6-15)10(9)14-3-4-14/h1-8,13H,(H,22,23)(H,24,25,26)(H,27,28,29);7H,1-6H2. The molecule has 1 amide bonds. The average Bonchev–Trinajstić information content (AvgIpc) is 3.88. The fourth-order valence-electron chi connectivity index (χ4n) is 4.74. The van der Waals surface area contributed by atoms with Crippen molar-refractivity contribution in [2.75, 3.05) is 44.3 Å². The molecule has 250 valence electrons. The largest absolute Gasteiger partial charge is 0.477 e. The van der Waals surface area contributed by atoms with Gasteiger partial charge in [-0.25, -0.2) is 4.79 Å². The lowest BCUT2D eigenvalue weighted by Crippen LogP contribution is -2.33. The Morgan fingerprint density at radius 2 is 1.25 bits per heavy atom. The minimum atomic E-state index is -4.46. The molecule has 3 fully saturated rings. The van der Waals surface area contributed by atoms with E-state index >= 15 is 0 Å². The van der Waals surface area contributed by atoms with E-state index in [1.165, 1.54) is 18.2 Å². The van der Waals surface area contributed by atoms with E-state index in [1.807, 2.05) is 14.7 Å². The molecular weight excluding hydrogens is 674 g/mol. The highest BCUT2D eigenvalue weighted by atomic mass is 32.2. The fourth-order valence-corrected chi connectivity index (χ4v) is 5.70. The highest BCUT2D eigenvalue weighted by Gasteiger charge is 2.44. The maximum atomic E-state index is 12.6. The lowest BCUT2D eigenvalue weighted by Gasteiger charge is -2.21. The lowest BCUT2D eigenvalue weighted by molar-refractivity contribution is -0.130. The van der Waals surface area contributed by atoms with Crippen LogP contribution < -0.4 is 5.01 Å². The molecule has 1 atom stereocenters. The molecule has 4 aliphatic heterocycles. The third kappa shape index (κ3) is 6.86. The summed E-state index contributed by atoms with van der Waals surface area (Å²) in [5.74, 6) is -2.39. The van der Waals surface area contributed by atoms with Gasteiger partial charge in [0.2, 0.25) is 17.6 Å². The number of carbonyl (C=O) groups is 4. The molecule has 4 heterocycles.